The third kappa shape index (κ3) is 8.66. The largest absolute Gasteiger partial charge is 0.363 e. The summed E-state index contributed by atoms with van der Waals surface area (Å²) < 4.78 is 6.27. The Morgan fingerprint density at radius 1 is 0.966 bits per heavy atom. The second-order valence-electron chi connectivity index (χ2n) is 7.30. The molecule has 0 aliphatic carbocycles. The van der Waals surface area contributed by atoms with E-state index in [4.69, 9.17) is 4.74 Å². The maximum absolute atomic E-state index is 12.2. The second-order valence-corrected chi connectivity index (χ2v) is 8.51. The van der Waals surface area contributed by atoms with E-state index in [9.17, 15) is 9.59 Å². The van der Waals surface area contributed by atoms with E-state index in [2.05, 4.69) is 43.4 Å². The molecule has 0 radical (unpaired) electrons. The fourth-order valence-corrected chi connectivity index (χ4v) is 3.65. The number of carbonyl (C=O) groups is 2. The Labute approximate surface area is 187 Å². The molecular formula is C24H30INO3. The van der Waals surface area contributed by atoms with Crippen molar-refractivity contribution in [2.45, 2.75) is 52.1 Å². The number of carbonyl (C=O) groups excluding carboxylic acids is 2. The van der Waals surface area contributed by atoms with Gasteiger partial charge in [0.2, 0.25) is 5.91 Å². The number of rotatable bonds is 12. The molecule has 0 aliphatic rings. The number of benzene rings is 2. The summed E-state index contributed by atoms with van der Waals surface area (Å²) in [6, 6.07) is 16.5. The maximum Gasteiger partial charge on any atom is 0.246 e. The van der Waals surface area contributed by atoms with Gasteiger partial charge in [-0.15, -0.1) is 0 Å². The van der Waals surface area contributed by atoms with Crippen molar-refractivity contribution in [3.8, 4) is 0 Å². The van der Waals surface area contributed by atoms with Crippen LogP contribution in [0.15, 0.2) is 48.5 Å². The molecule has 0 aliphatic heterocycles. The molecule has 0 spiro atoms. The molecule has 1 atom stereocenters. The highest BCUT2D eigenvalue weighted by atomic mass is 127. The minimum Gasteiger partial charge on any atom is -0.363 e. The number of halogens is 1. The Bertz CT molecular complexity index is 806. The second kappa shape index (κ2) is 12.8. The maximum atomic E-state index is 12.2. The molecule has 1 N–H and O–H groups in total. The van der Waals surface area contributed by atoms with Gasteiger partial charge in [-0.1, -0.05) is 55.0 Å². The van der Waals surface area contributed by atoms with Gasteiger partial charge in [0, 0.05) is 19.4 Å². The monoisotopic (exact) mass is 507 g/mol. The third-order valence-corrected chi connectivity index (χ3v) is 5.53. The van der Waals surface area contributed by atoms with E-state index in [1.54, 1.807) is 0 Å². The van der Waals surface area contributed by atoms with Crippen LogP contribution in [-0.4, -0.2) is 22.8 Å². The molecule has 2 aromatic rings. The van der Waals surface area contributed by atoms with Gasteiger partial charge in [-0.3, -0.25) is 9.59 Å². The summed E-state index contributed by atoms with van der Waals surface area (Å²) in [5.41, 5.74) is 4.73. The van der Waals surface area contributed by atoms with Crippen molar-refractivity contribution in [1.29, 1.82) is 0 Å². The number of ether oxygens (including phenoxy) is 1. The van der Waals surface area contributed by atoms with Gasteiger partial charge in [-0.2, -0.15) is 0 Å². The number of amides is 1. The van der Waals surface area contributed by atoms with Crippen LogP contribution >= 0.6 is 22.6 Å². The molecule has 0 saturated heterocycles. The Morgan fingerprint density at radius 2 is 1.66 bits per heavy atom. The predicted molar refractivity (Wildman–Crippen MR) is 125 cm³/mol. The first-order valence-corrected chi connectivity index (χ1v) is 11.2. The lowest BCUT2D eigenvalue weighted by molar-refractivity contribution is -0.127. The van der Waals surface area contributed by atoms with Crippen molar-refractivity contribution in [2.75, 3.05) is 13.2 Å². The van der Waals surface area contributed by atoms with Crippen molar-refractivity contribution in [1.82, 2.24) is 5.32 Å². The third-order valence-electron chi connectivity index (χ3n) is 4.99. The fourth-order valence-electron chi connectivity index (χ4n) is 3.27. The zero-order chi connectivity index (χ0) is 21.1. The van der Waals surface area contributed by atoms with E-state index in [0.29, 0.717) is 13.0 Å². The molecular weight excluding hydrogens is 477 g/mol. The molecule has 1 amide bonds. The van der Waals surface area contributed by atoms with Crippen LogP contribution < -0.4 is 5.32 Å². The molecule has 0 saturated carbocycles. The standard InChI is InChI=1S/C24H30INO3/c1-18-10-5-7-12-20(18)16-22(21-13-8-6-11-19(21)2)29-17-24(28)26-15-9-3-4-14-23(25)27/h5-8,10-13,22H,3-4,9,14-17H2,1-2H3,(H,26,28). The lowest BCUT2D eigenvalue weighted by Crippen LogP contribution is -2.29. The van der Waals surface area contributed by atoms with Gasteiger partial charge >= 0.3 is 0 Å². The summed E-state index contributed by atoms with van der Waals surface area (Å²) in [4.78, 5) is 23.2. The Balaban J connectivity index is 1.89. The summed E-state index contributed by atoms with van der Waals surface area (Å²) in [5.74, 6) is -0.0988. The first-order valence-electron chi connectivity index (χ1n) is 10.1. The van der Waals surface area contributed by atoms with Crippen LogP contribution in [0.3, 0.4) is 0 Å². The molecule has 0 bridgehead atoms. The minimum absolute atomic E-state index is 0.0388. The van der Waals surface area contributed by atoms with Crippen LogP contribution in [0.25, 0.3) is 0 Å². The molecule has 5 heteroatoms. The normalized spacial score (nSPS) is 11.8. The summed E-state index contributed by atoms with van der Waals surface area (Å²) in [7, 11) is 0. The highest BCUT2D eigenvalue weighted by Gasteiger charge is 2.17. The van der Waals surface area contributed by atoms with Gasteiger partial charge in [0.15, 0.2) is 3.79 Å². The van der Waals surface area contributed by atoms with Crippen LogP contribution in [0.1, 0.15) is 54.0 Å². The molecule has 0 heterocycles. The molecule has 2 rings (SSSR count). The average molecular weight is 507 g/mol. The van der Waals surface area contributed by atoms with Crippen LogP contribution in [-0.2, 0) is 20.7 Å². The van der Waals surface area contributed by atoms with Gasteiger partial charge in [0.25, 0.3) is 0 Å². The first kappa shape index (κ1) is 23.5. The van der Waals surface area contributed by atoms with Crippen LogP contribution in [0.5, 0.6) is 0 Å². The van der Waals surface area contributed by atoms with Crippen LogP contribution in [0, 0.1) is 13.8 Å². The zero-order valence-electron chi connectivity index (χ0n) is 17.2. The predicted octanol–water partition coefficient (Wildman–Crippen LogP) is 5.24. The smallest absolute Gasteiger partial charge is 0.246 e. The molecule has 1 unspecified atom stereocenters. The SMILES string of the molecule is Cc1ccccc1CC(OCC(=O)NCCCCCC(=O)I)c1ccccc1C. The van der Waals surface area contributed by atoms with Crippen LogP contribution in [0.4, 0.5) is 0 Å². The van der Waals surface area contributed by atoms with E-state index in [0.717, 1.165) is 36.8 Å². The van der Waals surface area contributed by atoms with Crippen molar-refractivity contribution in [3.05, 3.63) is 70.8 Å². The number of hydrogen-bond donors (Lipinski definition) is 1. The molecule has 0 fully saturated rings. The van der Waals surface area contributed by atoms with Crippen molar-refractivity contribution in [2.24, 2.45) is 0 Å². The lowest BCUT2D eigenvalue weighted by atomic mass is 9.95. The fraction of sp³-hybridized carbons (Fsp3) is 0.417. The topological polar surface area (TPSA) is 55.4 Å². The molecule has 0 aromatic heterocycles. The highest BCUT2D eigenvalue weighted by Crippen LogP contribution is 2.26. The van der Waals surface area contributed by atoms with Gasteiger partial charge in [0.1, 0.15) is 6.61 Å². The molecule has 4 nitrogen and oxygen atoms in total. The number of nitrogens with one attached hydrogen (secondary N) is 1. The van der Waals surface area contributed by atoms with Crippen LogP contribution in [0.2, 0.25) is 0 Å². The molecule has 29 heavy (non-hydrogen) atoms. The number of unbranched alkanes of at least 4 members (excludes halogenated alkanes) is 2. The Morgan fingerprint density at radius 3 is 2.34 bits per heavy atom. The van der Waals surface area contributed by atoms with Gasteiger partial charge in [-0.05, 0) is 71.5 Å². The molecule has 2 aromatic carbocycles. The minimum atomic E-state index is -0.169. The summed E-state index contributed by atoms with van der Waals surface area (Å²) in [6.45, 7) is 4.83. The molecule has 156 valence electrons. The number of hydrogen-bond acceptors (Lipinski definition) is 3. The quantitative estimate of drug-likeness (QED) is 0.243. The highest BCUT2D eigenvalue weighted by molar-refractivity contribution is 14.1. The average Bonchev–Trinajstić information content (AvgIpc) is 2.69. The van der Waals surface area contributed by atoms with Gasteiger partial charge in [0.05, 0.1) is 6.10 Å². The van der Waals surface area contributed by atoms with E-state index < -0.39 is 0 Å². The Kier molecular flexibility index (Phi) is 10.4. The summed E-state index contributed by atoms with van der Waals surface area (Å²) in [6.07, 6.45) is 3.86. The van der Waals surface area contributed by atoms with Gasteiger partial charge < -0.3 is 10.1 Å². The Hall–Kier alpha value is -1.73. The first-order chi connectivity index (χ1) is 14.0. The van der Waals surface area contributed by atoms with E-state index in [1.165, 1.54) is 11.1 Å². The van der Waals surface area contributed by atoms with Crippen molar-refractivity contribution in [3.63, 3.8) is 0 Å². The van der Waals surface area contributed by atoms with Crippen molar-refractivity contribution < 1.29 is 14.3 Å². The summed E-state index contributed by atoms with van der Waals surface area (Å²) >= 11 is 1.82. The van der Waals surface area contributed by atoms with Gasteiger partial charge in [-0.25, -0.2) is 0 Å². The zero-order valence-corrected chi connectivity index (χ0v) is 19.4. The van der Waals surface area contributed by atoms with E-state index in [-0.39, 0.29) is 22.4 Å². The van der Waals surface area contributed by atoms with E-state index >= 15 is 0 Å². The van der Waals surface area contributed by atoms with Crippen molar-refractivity contribution >= 4 is 32.3 Å². The number of aryl methyl sites for hydroxylation is 2. The van der Waals surface area contributed by atoms with E-state index in [1.807, 2.05) is 46.9 Å². The summed E-state index contributed by atoms with van der Waals surface area (Å²) in [5, 5.41) is 2.92. The lowest BCUT2D eigenvalue weighted by Gasteiger charge is -2.21.